The van der Waals surface area contributed by atoms with Gasteiger partial charge in [-0.05, 0) is 37.6 Å². The SMILES string of the molecule is O=C(O)c1cc(O)ccc1NC(=O)[C@@H]1CCCNC1. The van der Waals surface area contributed by atoms with E-state index < -0.39 is 5.97 Å². The summed E-state index contributed by atoms with van der Waals surface area (Å²) in [5.74, 6) is -1.67. The normalized spacial score (nSPS) is 18.8. The second-order valence-corrected chi connectivity index (χ2v) is 4.57. The molecule has 102 valence electrons. The van der Waals surface area contributed by atoms with Gasteiger partial charge >= 0.3 is 5.97 Å². The third-order valence-electron chi connectivity index (χ3n) is 3.16. The first kappa shape index (κ1) is 13.4. The monoisotopic (exact) mass is 264 g/mol. The largest absolute Gasteiger partial charge is 0.508 e. The molecule has 1 heterocycles. The van der Waals surface area contributed by atoms with Crippen molar-refractivity contribution >= 4 is 17.6 Å². The lowest BCUT2D eigenvalue weighted by atomic mass is 9.98. The molecule has 1 amide bonds. The van der Waals surface area contributed by atoms with E-state index in [0.29, 0.717) is 6.54 Å². The van der Waals surface area contributed by atoms with Crippen LogP contribution < -0.4 is 10.6 Å². The molecule has 0 aliphatic carbocycles. The molecule has 1 atom stereocenters. The Bertz CT molecular complexity index is 495. The topological polar surface area (TPSA) is 98.7 Å². The van der Waals surface area contributed by atoms with Gasteiger partial charge in [-0.25, -0.2) is 4.79 Å². The molecule has 1 aromatic rings. The molecular weight excluding hydrogens is 248 g/mol. The van der Waals surface area contributed by atoms with Gasteiger partial charge in [0, 0.05) is 6.54 Å². The highest BCUT2D eigenvalue weighted by atomic mass is 16.4. The van der Waals surface area contributed by atoms with Gasteiger partial charge in [0.15, 0.2) is 0 Å². The number of aromatic carboxylic acids is 1. The van der Waals surface area contributed by atoms with E-state index >= 15 is 0 Å². The van der Waals surface area contributed by atoms with Gasteiger partial charge in [0.1, 0.15) is 5.75 Å². The number of nitrogens with one attached hydrogen (secondary N) is 2. The fourth-order valence-electron chi connectivity index (χ4n) is 2.13. The number of carboxylic acid groups (broad SMARTS) is 1. The number of carbonyl (C=O) groups is 2. The second-order valence-electron chi connectivity index (χ2n) is 4.57. The molecule has 1 aliphatic rings. The highest BCUT2D eigenvalue weighted by Crippen LogP contribution is 2.22. The van der Waals surface area contributed by atoms with Crippen LogP contribution in [0.15, 0.2) is 18.2 Å². The fraction of sp³-hybridized carbons (Fsp3) is 0.385. The molecule has 6 heteroatoms. The van der Waals surface area contributed by atoms with E-state index in [1.165, 1.54) is 12.1 Å². The predicted molar refractivity (Wildman–Crippen MR) is 69.3 cm³/mol. The minimum absolute atomic E-state index is 0.114. The average molecular weight is 264 g/mol. The standard InChI is InChI=1S/C13H16N2O4/c16-9-3-4-11(10(6-9)13(18)19)15-12(17)8-2-1-5-14-7-8/h3-4,6,8,14,16H,1-2,5,7H2,(H,15,17)(H,18,19)/t8-/m1/s1. The molecule has 0 radical (unpaired) electrons. The molecule has 1 aliphatic heterocycles. The molecule has 0 spiro atoms. The summed E-state index contributed by atoms with van der Waals surface area (Å²) < 4.78 is 0. The summed E-state index contributed by atoms with van der Waals surface area (Å²) in [6.07, 6.45) is 1.72. The molecule has 0 unspecified atom stereocenters. The van der Waals surface area contributed by atoms with Gasteiger partial charge in [0.25, 0.3) is 0 Å². The Labute approximate surface area is 110 Å². The molecule has 1 aromatic carbocycles. The number of aromatic hydroxyl groups is 1. The number of benzene rings is 1. The van der Waals surface area contributed by atoms with Crippen LogP contribution in [-0.2, 0) is 4.79 Å². The molecule has 1 fully saturated rings. The highest BCUT2D eigenvalue weighted by Gasteiger charge is 2.22. The summed E-state index contributed by atoms with van der Waals surface area (Å²) in [6, 6.07) is 3.87. The number of carbonyl (C=O) groups excluding carboxylic acids is 1. The van der Waals surface area contributed by atoms with Crippen LogP contribution in [-0.4, -0.2) is 35.2 Å². The summed E-state index contributed by atoms with van der Waals surface area (Å²) >= 11 is 0. The molecule has 4 N–H and O–H groups in total. The van der Waals surface area contributed by atoms with Crippen molar-refractivity contribution in [2.75, 3.05) is 18.4 Å². The Morgan fingerprint density at radius 2 is 2.16 bits per heavy atom. The van der Waals surface area contributed by atoms with Gasteiger partial charge in [-0.15, -0.1) is 0 Å². The first-order chi connectivity index (χ1) is 9.08. The summed E-state index contributed by atoms with van der Waals surface area (Å²) in [4.78, 5) is 23.1. The third kappa shape index (κ3) is 3.23. The maximum Gasteiger partial charge on any atom is 0.337 e. The highest BCUT2D eigenvalue weighted by molar-refractivity contribution is 6.01. The molecule has 19 heavy (non-hydrogen) atoms. The van der Waals surface area contributed by atoms with Crippen LogP contribution in [0.1, 0.15) is 23.2 Å². The van der Waals surface area contributed by atoms with Gasteiger partial charge in [-0.2, -0.15) is 0 Å². The van der Waals surface area contributed by atoms with Crippen molar-refractivity contribution in [3.8, 4) is 5.75 Å². The molecule has 6 nitrogen and oxygen atoms in total. The number of phenols is 1. The number of anilines is 1. The Balaban J connectivity index is 2.13. The van der Waals surface area contributed by atoms with Gasteiger partial charge in [0.2, 0.25) is 5.91 Å². The molecule has 0 bridgehead atoms. The Hall–Kier alpha value is -2.08. The first-order valence-electron chi connectivity index (χ1n) is 6.16. The number of amides is 1. The van der Waals surface area contributed by atoms with Crippen LogP contribution >= 0.6 is 0 Å². The zero-order valence-electron chi connectivity index (χ0n) is 10.3. The van der Waals surface area contributed by atoms with E-state index in [9.17, 15) is 14.7 Å². The van der Waals surface area contributed by atoms with E-state index in [-0.39, 0.29) is 28.8 Å². The summed E-state index contributed by atoms with van der Waals surface area (Å²) in [5.41, 5.74) is 0.0954. The molecule has 1 saturated heterocycles. The lowest BCUT2D eigenvalue weighted by Crippen LogP contribution is -2.37. The van der Waals surface area contributed by atoms with E-state index in [0.717, 1.165) is 25.5 Å². The minimum Gasteiger partial charge on any atom is -0.508 e. The number of hydrogen-bond acceptors (Lipinski definition) is 4. The fourth-order valence-corrected chi connectivity index (χ4v) is 2.13. The van der Waals surface area contributed by atoms with E-state index in [4.69, 9.17) is 5.11 Å². The second kappa shape index (κ2) is 5.71. The number of carboxylic acids is 1. The van der Waals surface area contributed by atoms with Crippen LogP contribution in [0.2, 0.25) is 0 Å². The van der Waals surface area contributed by atoms with Gasteiger partial charge in [0.05, 0.1) is 17.2 Å². The maximum absolute atomic E-state index is 12.0. The summed E-state index contributed by atoms with van der Waals surface area (Å²) in [6.45, 7) is 1.51. The van der Waals surface area contributed by atoms with Crippen LogP contribution in [0.25, 0.3) is 0 Å². The molecule has 0 aromatic heterocycles. The van der Waals surface area contributed by atoms with Crippen molar-refractivity contribution < 1.29 is 19.8 Å². The third-order valence-corrected chi connectivity index (χ3v) is 3.16. The average Bonchev–Trinajstić information content (AvgIpc) is 2.41. The summed E-state index contributed by atoms with van der Waals surface area (Å²) in [7, 11) is 0. The zero-order chi connectivity index (χ0) is 13.8. The molecular formula is C13H16N2O4. The van der Waals surface area contributed by atoms with Crippen LogP contribution in [0.3, 0.4) is 0 Å². The van der Waals surface area contributed by atoms with Crippen molar-refractivity contribution in [3.05, 3.63) is 23.8 Å². The van der Waals surface area contributed by atoms with Crippen LogP contribution in [0.5, 0.6) is 5.75 Å². The van der Waals surface area contributed by atoms with Crippen molar-refractivity contribution in [2.45, 2.75) is 12.8 Å². The quantitative estimate of drug-likeness (QED) is 0.611. The summed E-state index contributed by atoms with van der Waals surface area (Å²) in [5, 5.41) is 24.1. The minimum atomic E-state index is -1.19. The molecule has 0 saturated carbocycles. The van der Waals surface area contributed by atoms with Crippen LogP contribution in [0, 0.1) is 5.92 Å². The van der Waals surface area contributed by atoms with Crippen molar-refractivity contribution in [1.82, 2.24) is 5.32 Å². The van der Waals surface area contributed by atoms with Gasteiger partial charge in [-0.3, -0.25) is 4.79 Å². The van der Waals surface area contributed by atoms with Gasteiger partial charge < -0.3 is 20.8 Å². The number of piperidine rings is 1. The van der Waals surface area contributed by atoms with Crippen molar-refractivity contribution in [1.29, 1.82) is 0 Å². The van der Waals surface area contributed by atoms with E-state index in [1.54, 1.807) is 0 Å². The molecule has 2 rings (SSSR count). The predicted octanol–water partition coefficient (Wildman–Crippen LogP) is 1.03. The van der Waals surface area contributed by atoms with E-state index in [2.05, 4.69) is 10.6 Å². The van der Waals surface area contributed by atoms with Gasteiger partial charge in [-0.1, -0.05) is 0 Å². The Kier molecular flexibility index (Phi) is 4.01. The number of phenolic OH excluding ortho intramolecular Hbond substituents is 1. The lowest BCUT2D eigenvalue weighted by Gasteiger charge is -2.22. The lowest BCUT2D eigenvalue weighted by molar-refractivity contribution is -0.120. The maximum atomic E-state index is 12.0. The smallest absolute Gasteiger partial charge is 0.337 e. The zero-order valence-corrected chi connectivity index (χ0v) is 10.3. The van der Waals surface area contributed by atoms with Crippen LogP contribution in [0.4, 0.5) is 5.69 Å². The van der Waals surface area contributed by atoms with E-state index in [1.807, 2.05) is 0 Å². The Morgan fingerprint density at radius 1 is 1.37 bits per heavy atom. The first-order valence-corrected chi connectivity index (χ1v) is 6.16. The van der Waals surface area contributed by atoms with Crippen molar-refractivity contribution in [2.24, 2.45) is 5.92 Å². The number of rotatable bonds is 3. The Morgan fingerprint density at radius 3 is 2.79 bits per heavy atom. The van der Waals surface area contributed by atoms with Crippen molar-refractivity contribution in [3.63, 3.8) is 0 Å². The number of hydrogen-bond donors (Lipinski definition) is 4.